The van der Waals surface area contributed by atoms with Crippen molar-refractivity contribution < 1.29 is 4.74 Å². The molecule has 3 N–H and O–H groups in total. The summed E-state index contributed by atoms with van der Waals surface area (Å²) < 4.78 is 5.89. The maximum atomic E-state index is 9.60. The highest BCUT2D eigenvalue weighted by molar-refractivity contribution is 7.13. The smallest absolute Gasteiger partial charge is 0.229 e. The number of hydrogen-bond acceptors (Lipinski definition) is 8. The first-order valence-electron chi connectivity index (χ1n) is 9.74. The van der Waals surface area contributed by atoms with E-state index in [0.29, 0.717) is 35.5 Å². The first-order valence-corrected chi connectivity index (χ1v) is 10.6. The van der Waals surface area contributed by atoms with E-state index in [4.69, 9.17) is 10.5 Å². The van der Waals surface area contributed by atoms with E-state index in [1.165, 1.54) is 11.3 Å². The number of thiazole rings is 1. The third-order valence-electron chi connectivity index (χ3n) is 4.32. The van der Waals surface area contributed by atoms with Gasteiger partial charge in [0.25, 0.3) is 0 Å². The Bertz CT molecular complexity index is 1050. The Hall–Kier alpha value is -3.02. The standard InChI is InChI=1S/C22H26N6OS/c1-14(2)10-22(4,24)13-29-19-6-5-16(9-17(19)11-23)18-7-8-25-20(27-18)28-21-26-15(3)12-30-21/h5-9,12,14H,10,13,24H2,1-4H3,(H,25,26,27,28). The number of nitrogens with one attached hydrogen (secondary N) is 1. The molecule has 8 heteroatoms. The minimum absolute atomic E-state index is 0.341. The Morgan fingerprint density at radius 1 is 1.30 bits per heavy atom. The Morgan fingerprint density at radius 3 is 2.77 bits per heavy atom. The maximum absolute atomic E-state index is 9.60. The van der Waals surface area contributed by atoms with Crippen molar-refractivity contribution >= 4 is 22.4 Å². The topological polar surface area (TPSA) is 110 Å². The van der Waals surface area contributed by atoms with Crippen LogP contribution in [0.25, 0.3) is 11.3 Å². The van der Waals surface area contributed by atoms with Crippen LogP contribution in [0.4, 0.5) is 11.1 Å². The predicted molar refractivity (Wildman–Crippen MR) is 120 cm³/mol. The molecular formula is C22H26N6OS. The molecular weight excluding hydrogens is 396 g/mol. The van der Waals surface area contributed by atoms with Gasteiger partial charge in [0.15, 0.2) is 5.13 Å². The lowest BCUT2D eigenvalue weighted by atomic mass is 9.93. The minimum atomic E-state index is -0.457. The van der Waals surface area contributed by atoms with Crippen molar-refractivity contribution in [3.63, 3.8) is 0 Å². The van der Waals surface area contributed by atoms with Gasteiger partial charge in [-0.1, -0.05) is 13.8 Å². The summed E-state index contributed by atoms with van der Waals surface area (Å²) in [7, 11) is 0. The fourth-order valence-electron chi connectivity index (χ4n) is 3.22. The largest absolute Gasteiger partial charge is 0.490 e. The van der Waals surface area contributed by atoms with Gasteiger partial charge in [-0.05, 0) is 50.5 Å². The van der Waals surface area contributed by atoms with E-state index in [2.05, 4.69) is 40.2 Å². The second kappa shape index (κ2) is 9.20. The highest BCUT2D eigenvalue weighted by Gasteiger charge is 2.22. The number of nitrogens with zero attached hydrogens (tertiary/aromatic N) is 4. The Balaban J connectivity index is 1.77. The molecule has 0 amide bonds. The van der Waals surface area contributed by atoms with E-state index in [1.807, 2.05) is 25.3 Å². The van der Waals surface area contributed by atoms with Crippen LogP contribution in [0.15, 0.2) is 35.8 Å². The summed E-state index contributed by atoms with van der Waals surface area (Å²) in [4.78, 5) is 13.2. The summed E-state index contributed by atoms with van der Waals surface area (Å²) in [5.41, 5.74) is 8.75. The molecule has 3 rings (SSSR count). The SMILES string of the molecule is Cc1csc(Nc2nccc(-c3ccc(OCC(C)(N)CC(C)C)c(C#N)c3)n2)n1. The minimum Gasteiger partial charge on any atom is -0.490 e. The molecule has 7 nitrogen and oxygen atoms in total. The van der Waals surface area contributed by atoms with Crippen molar-refractivity contribution in [1.29, 1.82) is 5.26 Å². The van der Waals surface area contributed by atoms with E-state index >= 15 is 0 Å². The monoisotopic (exact) mass is 422 g/mol. The fraction of sp³-hybridized carbons (Fsp3) is 0.364. The van der Waals surface area contributed by atoms with E-state index in [0.717, 1.165) is 22.8 Å². The molecule has 0 aliphatic heterocycles. The van der Waals surface area contributed by atoms with Gasteiger partial charge in [-0.3, -0.25) is 0 Å². The predicted octanol–water partition coefficient (Wildman–Crippen LogP) is 4.67. The van der Waals surface area contributed by atoms with Crippen molar-refractivity contribution in [1.82, 2.24) is 15.0 Å². The number of nitrogens with two attached hydrogens (primary N) is 1. The Morgan fingerprint density at radius 2 is 2.10 bits per heavy atom. The van der Waals surface area contributed by atoms with Crippen LogP contribution < -0.4 is 15.8 Å². The van der Waals surface area contributed by atoms with Gasteiger partial charge in [0, 0.05) is 22.7 Å². The molecule has 1 atom stereocenters. The number of aromatic nitrogens is 3. The summed E-state index contributed by atoms with van der Waals surface area (Å²) in [5, 5.41) is 15.4. The van der Waals surface area contributed by atoms with Crippen molar-refractivity contribution in [2.24, 2.45) is 11.7 Å². The molecule has 0 saturated heterocycles. The van der Waals surface area contributed by atoms with Crippen LogP contribution in [0.2, 0.25) is 0 Å². The number of anilines is 2. The maximum Gasteiger partial charge on any atom is 0.229 e. The van der Waals surface area contributed by atoms with Crippen molar-refractivity contribution in [2.45, 2.75) is 39.7 Å². The fourth-order valence-corrected chi connectivity index (χ4v) is 3.91. The third kappa shape index (κ3) is 5.75. The van der Waals surface area contributed by atoms with Crippen LogP contribution in [0.1, 0.15) is 38.4 Å². The number of aryl methyl sites for hydroxylation is 1. The normalized spacial score (nSPS) is 13.0. The van der Waals surface area contributed by atoms with Crippen molar-refractivity contribution in [2.75, 3.05) is 11.9 Å². The summed E-state index contributed by atoms with van der Waals surface area (Å²) >= 11 is 1.49. The van der Waals surface area contributed by atoms with Gasteiger partial charge in [-0.25, -0.2) is 15.0 Å². The van der Waals surface area contributed by atoms with E-state index < -0.39 is 5.54 Å². The molecule has 0 radical (unpaired) electrons. The highest BCUT2D eigenvalue weighted by atomic mass is 32.1. The number of hydrogen-bond donors (Lipinski definition) is 2. The molecule has 1 unspecified atom stereocenters. The molecule has 0 aliphatic rings. The first-order chi connectivity index (χ1) is 14.3. The summed E-state index contributed by atoms with van der Waals surface area (Å²) in [6.45, 7) is 8.49. The number of nitriles is 1. The van der Waals surface area contributed by atoms with Crippen LogP contribution >= 0.6 is 11.3 Å². The van der Waals surface area contributed by atoms with Gasteiger partial charge in [0.05, 0.1) is 17.0 Å². The van der Waals surface area contributed by atoms with Crippen LogP contribution in [-0.4, -0.2) is 27.1 Å². The Labute approximate surface area is 181 Å². The zero-order valence-corrected chi connectivity index (χ0v) is 18.5. The zero-order valence-electron chi connectivity index (χ0n) is 17.6. The summed E-state index contributed by atoms with van der Waals surface area (Å²) in [6.07, 6.45) is 2.51. The second-order valence-corrected chi connectivity index (χ2v) is 8.91. The summed E-state index contributed by atoms with van der Waals surface area (Å²) in [5.74, 6) is 1.44. The van der Waals surface area contributed by atoms with Gasteiger partial charge in [0.2, 0.25) is 5.95 Å². The van der Waals surface area contributed by atoms with Crippen LogP contribution in [0, 0.1) is 24.2 Å². The average Bonchev–Trinajstić information content (AvgIpc) is 3.10. The first kappa shape index (κ1) is 21.7. The average molecular weight is 423 g/mol. The number of ether oxygens (including phenoxy) is 1. The Kier molecular flexibility index (Phi) is 6.65. The quantitative estimate of drug-likeness (QED) is 0.543. The van der Waals surface area contributed by atoms with Crippen molar-refractivity contribution in [3.8, 4) is 23.1 Å². The van der Waals surface area contributed by atoms with Crippen LogP contribution in [-0.2, 0) is 0 Å². The highest BCUT2D eigenvalue weighted by Crippen LogP contribution is 2.27. The van der Waals surface area contributed by atoms with E-state index in [9.17, 15) is 5.26 Å². The molecule has 0 bridgehead atoms. The number of benzene rings is 1. The van der Waals surface area contributed by atoms with E-state index in [-0.39, 0.29) is 0 Å². The molecule has 0 aliphatic carbocycles. The lowest BCUT2D eigenvalue weighted by Crippen LogP contribution is -2.43. The molecule has 2 heterocycles. The zero-order chi connectivity index (χ0) is 21.7. The third-order valence-corrected chi connectivity index (χ3v) is 5.20. The van der Waals surface area contributed by atoms with E-state index in [1.54, 1.807) is 24.4 Å². The molecule has 3 aromatic rings. The molecule has 1 aromatic carbocycles. The molecule has 0 saturated carbocycles. The van der Waals surface area contributed by atoms with Gasteiger partial charge in [-0.2, -0.15) is 5.26 Å². The lowest BCUT2D eigenvalue weighted by Gasteiger charge is -2.26. The number of rotatable bonds is 8. The van der Waals surface area contributed by atoms with Gasteiger partial charge >= 0.3 is 0 Å². The van der Waals surface area contributed by atoms with Gasteiger partial charge in [0.1, 0.15) is 18.4 Å². The molecule has 30 heavy (non-hydrogen) atoms. The summed E-state index contributed by atoms with van der Waals surface area (Å²) in [6, 6.07) is 9.45. The lowest BCUT2D eigenvalue weighted by molar-refractivity contribution is 0.206. The second-order valence-electron chi connectivity index (χ2n) is 8.05. The molecule has 0 spiro atoms. The van der Waals surface area contributed by atoms with Gasteiger partial charge < -0.3 is 15.8 Å². The van der Waals surface area contributed by atoms with Gasteiger partial charge in [-0.15, -0.1) is 11.3 Å². The van der Waals surface area contributed by atoms with Crippen LogP contribution in [0.3, 0.4) is 0 Å². The molecule has 0 fully saturated rings. The molecule has 156 valence electrons. The van der Waals surface area contributed by atoms with Crippen LogP contribution in [0.5, 0.6) is 5.75 Å². The van der Waals surface area contributed by atoms with Crippen molar-refractivity contribution in [3.05, 3.63) is 47.1 Å². The molecule has 2 aromatic heterocycles.